The van der Waals surface area contributed by atoms with Gasteiger partial charge in [0.2, 0.25) is 0 Å². The fraction of sp³-hybridized carbons (Fsp3) is 0.538. The third kappa shape index (κ3) is 5.06. The van der Waals surface area contributed by atoms with Crippen LogP contribution in [-0.4, -0.2) is 36.3 Å². The summed E-state index contributed by atoms with van der Waals surface area (Å²) in [6, 6.07) is 5.90. The van der Waals surface area contributed by atoms with Crippen molar-refractivity contribution in [2.24, 2.45) is 0 Å². The second-order valence-electron chi connectivity index (χ2n) is 4.94. The van der Waals surface area contributed by atoms with Gasteiger partial charge in [-0.05, 0) is 44.7 Å². The Morgan fingerprint density at radius 3 is 2.59 bits per heavy atom. The summed E-state index contributed by atoms with van der Waals surface area (Å²) in [5, 5.41) is 9.76. The van der Waals surface area contributed by atoms with Crippen LogP contribution in [0, 0.1) is 0 Å². The zero-order chi connectivity index (χ0) is 13.1. The van der Waals surface area contributed by atoms with Crippen LogP contribution in [-0.2, 0) is 6.54 Å². The third-order valence-electron chi connectivity index (χ3n) is 2.35. The Morgan fingerprint density at radius 1 is 1.41 bits per heavy atom. The summed E-state index contributed by atoms with van der Waals surface area (Å²) in [5.41, 5.74) is 0.469. The van der Waals surface area contributed by atoms with Gasteiger partial charge >= 0.3 is 0 Å². The van der Waals surface area contributed by atoms with Crippen molar-refractivity contribution in [3.05, 3.63) is 28.2 Å². The Kier molecular flexibility index (Phi) is 4.98. The molecule has 0 bridgehead atoms. The predicted octanol–water partition coefficient (Wildman–Crippen LogP) is 2.66. The van der Waals surface area contributed by atoms with Crippen molar-refractivity contribution < 1.29 is 9.84 Å². The minimum atomic E-state index is -0.680. The first-order chi connectivity index (χ1) is 7.81. The Bertz CT molecular complexity index is 374. The van der Waals surface area contributed by atoms with Crippen LogP contribution in [0.4, 0.5) is 0 Å². The molecule has 0 unspecified atom stereocenters. The van der Waals surface area contributed by atoms with Gasteiger partial charge in [-0.15, -0.1) is 0 Å². The molecule has 0 aliphatic heterocycles. The topological polar surface area (TPSA) is 32.7 Å². The molecule has 3 nitrogen and oxygen atoms in total. The molecule has 0 fully saturated rings. The van der Waals surface area contributed by atoms with Crippen LogP contribution in [0.1, 0.15) is 19.4 Å². The van der Waals surface area contributed by atoms with E-state index in [1.165, 1.54) is 0 Å². The summed E-state index contributed by atoms with van der Waals surface area (Å²) in [6.07, 6.45) is 0. The molecule has 1 aromatic rings. The van der Waals surface area contributed by atoms with Gasteiger partial charge in [-0.3, -0.25) is 4.90 Å². The van der Waals surface area contributed by atoms with E-state index < -0.39 is 5.60 Å². The van der Waals surface area contributed by atoms with Gasteiger partial charge in [-0.1, -0.05) is 15.9 Å². The van der Waals surface area contributed by atoms with Crippen molar-refractivity contribution in [1.29, 1.82) is 0 Å². The summed E-state index contributed by atoms with van der Waals surface area (Å²) in [6.45, 7) is 5.01. The average molecular weight is 302 g/mol. The highest BCUT2D eigenvalue weighted by Crippen LogP contribution is 2.23. The third-order valence-corrected chi connectivity index (χ3v) is 3.12. The Morgan fingerprint density at radius 2 is 2.06 bits per heavy atom. The number of benzene rings is 1. The molecular formula is C13H20BrNO2. The number of likely N-dealkylation sites (N-methyl/N-ethyl adjacent to an activating group) is 1. The molecular weight excluding hydrogens is 282 g/mol. The predicted molar refractivity (Wildman–Crippen MR) is 73.3 cm³/mol. The quantitative estimate of drug-likeness (QED) is 0.907. The number of halogens is 1. The van der Waals surface area contributed by atoms with Gasteiger partial charge in [0.25, 0.3) is 0 Å². The molecule has 0 spiro atoms. The summed E-state index contributed by atoms with van der Waals surface area (Å²) in [7, 11) is 3.65. The largest absolute Gasteiger partial charge is 0.497 e. The Labute approximate surface area is 112 Å². The maximum Gasteiger partial charge on any atom is 0.119 e. The van der Waals surface area contributed by atoms with Crippen molar-refractivity contribution in [2.75, 3.05) is 20.7 Å². The second kappa shape index (κ2) is 5.85. The molecule has 0 aromatic heterocycles. The Balaban J connectivity index is 2.73. The zero-order valence-corrected chi connectivity index (χ0v) is 12.4. The normalized spacial score (nSPS) is 11.9. The van der Waals surface area contributed by atoms with Crippen LogP contribution >= 0.6 is 15.9 Å². The lowest BCUT2D eigenvalue weighted by Crippen LogP contribution is -2.35. The van der Waals surface area contributed by atoms with E-state index in [4.69, 9.17) is 4.74 Å². The van der Waals surface area contributed by atoms with Gasteiger partial charge < -0.3 is 9.84 Å². The first kappa shape index (κ1) is 14.5. The van der Waals surface area contributed by atoms with Gasteiger partial charge in [0.1, 0.15) is 5.75 Å². The molecule has 1 aromatic carbocycles. The highest BCUT2D eigenvalue weighted by atomic mass is 79.9. The number of ether oxygens (including phenoxy) is 1. The van der Waals surface area contributed by atoms with Crippen LogP contribution in [0.3, 0.4) is 0 Å². The number of methoxy groups -OCH3 is 1. The fourth-order valence-electron chi connectivity index (χ4n) is 1.81. The summed E-state index contributed by atoms with van der Waals surface area (Å²) in [5.74, 6) is 0.847. The molecule has 0 atom stereocenters. The number of nitrogens with zero attached hydrogens (tertiary/aromatic N) is 1. The molecule has 0 amide bonds. The van der Waals surface area contributed by atoms with Gasteiger partial charge in [0, 0.05) is 17.6 Å². The van der Waals surface area contributed by atoms with E-state index in [2.05, 4.69) is 20.8 Å². The second-order valence-corrected chi connectivity index (χ2v) is 5.80. The number of hydrogen-bond acceptors (Lipinski definition) is 3. The van der Waals surface area contributed by atoms with Gasteiger partial charge in [0.15, 0.2) is 0 Å². The van der Waals surface area contributed by atoms with E-state index in [-0.39, 0.29) is 0 Å². The summed E-state index contributed by atoms with van der Waals surface area (Å²) < 4.78 is 6.26. The minimum Gasteiger partial charge on any atom is -0.497 e. The monoisotopic (exact) mass is 301 g/mol. The summed E-state index contributed by atoms with van der Waals surface area (Å²) in [4.78, 5) is 2.08. The van der Waals surface area contributed by atoms with E-state index in [0.717, 1.165) is 22.3 Å². The molecule has 0 aliphatic carbocycles. The van der Waals surface area contributed by atoms with Crippen LogP contribution in [0.15, 0.2) is 22.7 Å². The van der Waals surface area contributed by atoms with Gasteiger partial charge in [0.05, 0.1) is 12.7 Å². The van der Waals surface area contributed by atoms with Crippen molar-refractivity contribution in [1.82, 2.24) is 4.90 Å². The highest BCUT2D eigenvalue weighted by molar-refractivity contribution is 9.10. The molecule has 96 valence electrons. The molecule has 0 saturated heterocycles. The van der Waals surface area contributed by atoms with E-state index in [1.54, 1.807) is 7.11 Å². The summed E-state index contributed by atoms with van der Waals surface area (Å²) >= 11 is 3.52. The van der Waals surface area contributed by atoms with Crippen LogP contribution in [0.5, 0.6) is 5.75 Å². The first-order valence-corrected chi connectivity index (χ1v) is 6.34. The minimum absolute atomic E-state index is 0.622. The van der Waals surface area contributed by atoms with Crippen LogP contribution < -0.4 is 4.74 Å². The van der Waals surface area contributed by atoms with Gasteiger partial charge in [-0.2, -0.15) is 0 Å². The zero-order valence-electron chi connectivity index (χ0n) is 10.8. The number of rotatable bonds is 5. The molecule has 1 rings (SSSR count). The van der Waals surface area contributed by atoms with E-state index in [9.17, 15) is 5.11 Å². The lowest BCUT2D eigenvalue weighted by Gasteiger charge is -2.25. The SMILES string of the molecule is COc1ccc(Br)c(CN(C)CC(C)(C)O)c1. The molecule has 4 heteroatoms. The van der Waals surface area contributed by atoms with E-state index >= 15 is 0 Å². The lowest BCUT2D eigenvalue weighted by atomic mass is 10.1. The maximum absolute atomic E-state index is 9.76. The van der Waals surface area contributed by atoms with Crippen LogP contribution in [0.25, 0.3) is 0 Å². The molecule has 1 N–H and O–H groups in total. The van der Waals surface area contributed by atoms with Crippen molar-refractivity contribution in [3.8, 4) is 5.75 Å². The smallest absolute Gasteiger partial charge is 0.119 e. The maximum atomic E-state index is 9.76. The average Bonchev–Trinajstić information content (AvgIpc) is 2.18. The van der Waals surface area contributed by atoms with Crippen LogP contribution in [0.2, 0.25) is 0 Å². The van der Waals surface area contributed by atoms with Crippen molar-refractivity contribution >= 4 is 15.9 Å². The van der Waals surface area contributed by atoms with Crippen molar-refractivity contribution in [2.45, 2.75) is 26.0 Å². The Hall–Kier alpha value is -0.580. The number of aliphatic hydroxyl groups is 1. The molecule has 0 radical (unpaired) electrons. The molecule has 17 heavy (non-hydrogen) atoms. The molecule has 0 saturated carbocycles. The van der Waals surface area contributed by atoms with Gasteiger partial charge in [-0.25, -0.2) is 0 Å². The first-order valence-electron chi connectivity index (χ1n) is 5.55. The fourth-order valence-corrected chi connectivity index (χ4v) is 2.18. The highest BCUT2D eigenvalue weighted by Gasteiger charge is 2.16. The lowest BCUT2D eigenvalue weighted by molar-refractivity contribution is 0.0424. The van der Waals surface area contributed by atoms with Crippen molar-refractivity contribution in [3.63, 3.8) is 0 Å². The molecule has 0 aliphatic rings. The van der Waals surface area contributed by atoms with E-state index in [1.807, 2.05) is 39.1 Å². The molecule has 0 heterocycles. The van der Waals surface area contributed by atoms with E-state index in [0.29, 0.717) is 6.54 Å². The number of hydrogen-bond donors (Lipinski definition) is 1. The standard InChI is InChI=1S/C13H20BrNO2/c1-13(2,16)9-15(3)8-10-7-11(17-4)5-6-12(10)14/h5-7,16H,8-9H2,1-4H3.